The third kappa shape index (κ3) is 3.51. The summed E-state index contributed by atoms with van der Waals surface area (Å²) >= 11 is 0. The van der Waals surface area contributed by atoms with E-state index in [1.54, 1.807) is 15.6 Å². The highest BCUT2D eigenvalue weighted by molar-refractivity contribution is 5.95. The maximum Gasteiger partial charge on any atom is 0.264 e. The molecule has 0 bridgehead atoms. The molecule has 0 saturated heterocycles. The van der Waals surface area contributed by atoms with E-state index in [0.717, 1.165) is 24.1 Å². The summed E-state index contributed by atoms with van der Waals surface area (Å²) in [5.74, 6) is -0.384. The van der Waals surface area contributed by atoms with Crippen LogP contribution in [0.5, 0.6) is 0 Å². The maximum atomic E-state index is 13.6. The van der Waals surface area contributed by atoms with Gasteiger partial charge in [-0.05, 0) is 64.3 Å². The average molecular weight is 411 g/mol. The molecule has 0 N–H and O–H groups in total. The molecule has 7 nitrogen and oxygen atoms in total. The second-order valence-corrected chi connectivity index (χ2v) is 8.88. The topological polar surface area (TPSA) is 73.0 Å². The fraction of sp³-hybridized carbons (Fsp3) is 0.455. The molecule has 0 radical (unpaired) electrons. The van der Waals surface area contributed by atoms with Crippen LogP contribution in [0.3, 0.4) is 0 Å². The van der Waals surface area contributed by atoms with Crippen molar-refractivity contribution in [1.29, 1.82) is 0 Å². The van der Waals surface area contributed by atoms with E-state index in [-0.39, 0.29) is 41.8 Å². The lowest BCUT2D eigenvalue weighted by atomic mass is 9.96. The summed E-state index contributed by atoms with van der Waals surface area (Å²) < 4.78 is 16.8. The molecule has 1 unspecified atom stereocenters. The van der Waals surface area contributed by atoms with E-state index in [2.05, 4.69) is 10.1 Å². The molecule has 0 spiro atoms. The van der Waals surface area contributed by atoms with Gasteiger partial charge in [0.2, 0.25) is 5.91 Å². The molecule has 30 heavy (non-hydrogen) atoms. The zero-order valence-corrected chi connectivity index (χ0v) is 17.7. The SMILES string of the molecule is CC1CCc2cc(F)ccc2N1C(=O)CCn1cnc2c(cnn2C(C)(C)C)c1=O. The van der Waals surface area contributed by atoms with Gasteiger partial charge in [-0.3, -0.25) is 14.2 Å². The van der Waals surface area contributed by atoms with Crippen molar-refractivity contribution in [2.45, 2.75) is 65.1 Å². The number of amides is 1. The summed E-state index contributed by atoms with van der Waals surface area (Å²) in [6.45, 7) is 8.20. The van der Waals surface area contributed by atoms with Crippen molar-refractivity contribution in [1.82, 2.24) is 19.3 Å². The first kappa shape index (κ1) is 20.3. The number of halogens is 1. The summed E-state index contributed by atoms with van der Waals surface area (Å²) in [7, 11) is 0. The van der Waals surface area contributed by atoms with Crippen molar-refractivity contribution in [2.24, 2.45) is 0 Å². The second-order valence-electron chi connectivity index (χ2n) is 8.88. The fourth-order valence-electron chi connectivity index (χ4n) is 4.04. The molecular formula is C22H26FN5O2. The van der Waals surface area contributed by atoms with Crippen LogP contribution < -0.4 is 10.5 Å². The van der Waals surface area contributed by atoms with Crippen LogP contribution in [0.15, 0.2) is 35.5 Å². The summed E-state index contributed by atoms with van der Waals surface area (Å²) in [4.78, 5) is 32.0. The Bertz CT molecular complexity index is 1170. The predicted octanol–water partition coefficient (Wildman–Crippen LogP) is 3.25. The molecule has 1 amide bonds. The molecule has 1 aromatic carbocycles. The highest BCUT2D eigenvalue weighted by atomic mass is 19.1. The van der Waals surface area contributed by atoms with Gasteiger partial charge in [0.1, 0.15) is 11.2 Å². The number of nitrogens with zero attached hydrogens (tertiary/aromatic N) is 5. The summed E-state index contributed by atoms with van der Waals surface area (Å²) in [6.07, 6.45) is 4.69. The molecule has 0 saturated carbocycles. The Balaban J connectivity index is 1.57. The van der Waals surface area contributed by atoms with Crippen LogP contribution in [0.25, 0.3) is 11.0 Å². The molecule has 0 fully saturated rings. The quantitative estimate of drug-likeness (QED) is 0.663. The van der Waals surface area contributed by atoms with Crippen LogP contribution in [0.1, 0.15) is 46.1 Å². The Morgan fingerprint density at radius 3 is 2.80 bits per heavy atom. The van der Waals surface area contributed by atoms with Crippen molar-refractivity contribution in [2.75, 3.05) is 4.90 Å². The van der Waals surface area contributed by atoms with E-state index in [1.165, 1.54) is 29.2 Å². The summed E-state index contributed by atoms with van der Waals surface area (Å²) in [6, 6.07) is 4.57. The van der Waals surface area contributed by atoms with Crippen molar-refractivity contribution in [3.05, 3.63) is 52.5 Å². The van der Waals surface area contributed by atoms with Gasteiger partial charge in [-0.1, -0.05) is 0 Å². The third-order valence-electron chi connectivity index (χ3n) is 5.60. The molecule has 4 rings (SSSR count). The molecule has 8 heteroatoms. The normalized spacial score (nSPS) is 16.7. The van der Waals surface area contributed by atoms with Gasteiger partial charge in [0, 0.05) is 24.7 Å². The Labute approximate surface area is 174 Å². The molecule has 158 valence electrons. The number of carbonyl (C=O) groups excluding carboxylic acids is 1. The Hall–Kier alpha value is -3.03. The average Bonchev–Trinajstić information content (AvgIpc) is 3.13. The number of benzene rings is 1. The van der Waals surface area contributed by atoms with Crippen molar-refractivity contribution >= 4 is 22.6 Å². The summed E-state index contributed by atoms with van der Waals surface area (Å²) in [5, 5.41) is 4.75. The Morgan fingerprint density at radius 1 is 1.30 bits per heavy atom. The number of anilines is 1. The molecule has 3 heterocycles. The van der Waals surface area contributed by atoms with E-state index in [1.807, 2.05) is 27.7 Å². The number of carbonyl (C=O) groups is 1. The first-order chi connectivity index (χ1) is 14.2. The van der Waals surface area contributed by atoms with Crippen molar-refractivity contribution in [3.8, 4) is 0 Å². The van der Waals surface area contributed by atoms with Crippen molar-refractivity contribution in [3.63, 3.8) is 0 Å². The minimum atomic E-state index is -0.294. The van der Waals surface area contributed by atoms with Gasteiger partial charge in [-0.25, -0.2) is 14.1 Å². The standard InChI is InChI=1S/C22H26FN5O2/c1-14-5-6-15-11-16(23)7-8-18(15)27(14)19(29)9-10-26-13-24-20-17(21(26)30)12-25-28(20)22(2,3)4/h7-8,11-14H,5-6,9-10H2,1-4H3. The Kier molecular flexibility index (Phi) is 4.95. The minimum absolute atomic E-state index is 0.0257. The molecule has 3 aromatic rings. The zero-order chi connectivity index (χ0) is 21.6. The molecule has 1 atom stereocenters. The largest absolute Gasteiger partial charge is 0.309 e. The van der Waals surface area contributed by atoms with E-state index in [9.17, 15) is 14.0 Å². The van der Waals surface area contributed by atoms with Crippen molar-refractivity contribution < 1.29 is 9.18 Å². The lowest BCUT2D eigenvalue weighted by Gasteiger charge is -2.35. The lowest BCUT2D eigenvalue weighted by molar-refractivity contribution is -0.119. The summed E-state index contributed by atoms with van der Waals surface area (Å²) in [5.41, 5.74) is 1.64. The minimum Gasteiger partial charge on any atom is -0.309 e. The molecule has 1 aliphatic rings. The lowest BCUT2D eigenvalue weighted by Crippen LogP contribution is -2.42. The smallest absolute Gasteiger partial charge is 0.264 e. The van der Waals surface area contributed by atoms with Gasteiger partial charge in [-0.15, -0.1) is 0 Å². The van der Waals surface area contributed by atoms with Gasteiger partial charge >= 0.3 is 0 Å². The van der Waals surface area contributed by atoms with Crippen LogP contribution in [0.4, 0.5) is 10.1 Å². The van der Waals surface area contributed by atoms with E-state index in [4.69, 9.17) is 0 Å². The zero-order valence-electron chi connectivity index (χ0n) is 17.7. The van der Waals surface area contributed by atoms with E-state index in [0.29, 0.717) is 11.0 Å². The van der Waals surface area contributed by atoms with Gasteiger partial charge in [-0.2, -0.15) is 5.10 Å². The number of aromatic nitrogens is 4. The molecule has 1 aliphatic heterocycles. The number of hydrogen-bond donors (Lipinski definition) is 0. The van der Waals surface area contributed by atoms with Gasteiger partial charge in [0.05, 0.1) is 18.1 Å². The first-order valence-corrected chi connectivity index (χ1v) is 10.2. The number of hydrogen-bond acceptors (Lipinski definition) is 4. The molecule has 2 aromatic heterocycles. The van der Waals surface area contributed by atoms with Crippen LogP contribution >= 0.6 is 0 Å². The van der Waals surface area contributed by atoms with Crippen LogP contribution in [0.2, 0.25) is 0 Å². The van der Waals surface area contributed by atoms with Crippen LogP contribution in [-0.4, -0.2) is 31.3 Å². The molecule has 0 aliphatic carbocycles. The maximum absolute atomic E-state index is 13.6. The number of fused-ring (bicyclic) bond motifs is 2. The number of rotatable bonds is 3. The monoisotopic (exact) mass is 411 g/mol. The third-order valence-corrected chi connectivity index (χ3v) is 5.60. The Morgan fingerprint density at radius 2 is 2.07 bits per heavy atom. The first-order valence-electron chi connectivity index (χ1n) is 10.2. The highest BCUT2D eigenvalue weighted by Crippen LogP contribution is 2.31. The van der Waals surface area contributed by atoms with Gasteiger partial charge < -0.3 is 4.90 Å². The second kappa shape index (κ2) is 7.34. The number of aryl methyl sites for hydroxylation is 2. The van der Waals surface area contributed by atoms with Gasteiger partial charge in [0.15, 0.2) is 5.65 Å². The van der Waals surface area contributed by atoms with E-state index < -0.39 is 0 Å². The predicted molar refractivity (Wildman–Crippen MR) is 113 cm³/mol. The van der Waals surface area contributed by atoms with Gasteiger partial charge in [0.25, 0.3) is 5.56 Å². The fourth-order valence-corrected chi connectivity index (χ4v) is 4.04. The van der Waals surface area contributed by atoms with Crippen LogP contribution in [-0.2, 0) is 23.3 Å². The van der Waals surface area contributed by atoms with E-state index >= 15 is 0 Å². The van der Waals surface area contributed by atoms with Crippen LogP contribution in [0, 0.1) is 5.82 Å². The highest BCUT2D eigenvalue weighted by Gasteiger charge is 2.28. The molecular weight excluding hydrogens is 385 g/mol.